The lowest BCUT2D eigenvalue weighted by molar-refractivity contribution is -0.122. The molecule has 0 spiro atoms. The van der Waals surface area contributed by atoms with E-state index in [4.69, 9.17) is 14.2 Å². The molecule has 158 valence electrons. The van der Waals surface area contributed by atoms with E-state index < -0.39 is 6.10 Å². The van der Waals surface area contributed by atoms with Crippen molar-refractivity contribution in [3.63, 3.8) is 0 Å². The first-order valence-corrected chi connectivity index (χ1v) is 11.1. The Morgan fingerprint density at radius 3 is 2.33 bits per heavy atom. The molecule has 5 nitrogen and oxygen atoms in total. The Labute approximate surface area is 177 Å². The highest BCUT2D eigenvalue weighted by molar-refractivity contribution is 5.99. The Morgan fingerprint density at radius 2 is 1.63 bits per heavy atom. The smallest absolute Gasteiger partial charge is 0.268 e. The summed E-state index contributed by atoms with van der Waals surface area (Å²) in [5, 5.41) is 0. The van der Waals surface area contributed by atoms with Gasteiger partial charge in [-0.3, -0.25) is 4.79 Å². The first-order chi connectivity index (χ1) is 14.7. The molecule has 0 N–H and O–H groups in total. The van der Waals surface area contributed by atoms with E-state index >= 15 is 0 Å². The minimum absolute atomic E-state index is 0.00668. The molecular weight excluding hydrogens is 378 g/mol. The second-order valence-electron chi connectivity index (χ2n) is 8.59. The van der Waals surface area contributed by atoms with Gasteiger partial charge in [0.2, 0.25) is 0 Å². The summed E-state index contributed by atoms with van der Waals surface area (Å²) in [6.45, 7) is 0.635. The minimum Gasteiger partial charge on any atom is -0.493 e. The van der Waals surface area contributed by atoms with Crippen molar-refractivity contribution in [2.24, 2.45) is 0 Å². The molecule has 30 heavy (non-hydrogen) atoms. The first kappa shape index (κ1) is 19.3. The van der Waals surface area contributed by atoms with Gasteiger partial charge in [0.1, 0.15) is 5.75 Å². The van der Waals surface area contributed by atoms with Gasteiger partial charge < -0.3 is 19.1 Å². The maximum absolute atomic E-state index is 13.0. The summed E-state index contributed by atoms with van der Waals surface area (Å²) >= 11 is 0. The maximum Gasteiger partial charge on any atom is 0.268 e. The third kappa shape index (κ3) is 3.98. The number of ether oxygens (including phenoxy) is 3. The number of rotatable bonds is 7. The Balaban J connectivity index is 1.25. The molecule has 1 aliphatic heterocycles. The van der Waals surface area contributed by atoms with Crippen molar-refractivity contribution in [1.29, 1.82) is 0 Å². The predicted octanol–water partition coefficient (Wildman–Crippen LogP) is 5.08. The SMILES string of the molecule is COc1cc(N2CC[C@H](Oc3ccc(C4CC4)cc3)C2=O)ccc1OC1CCCC1. The van der Waals surface area contributed by atoms with Crippen molar-refractivity contribution in [1.82, 2.24) is 0 Å². The summed E-state index contributed by atoms with van der Waals surface area (Å²) in [7, 11) is 1.64. The lowest BCUT2D eigenvalue weighted by Crippen LogP contribution is -2.32. The molecule has 1 amide bonds. The Kier molecular flexibility index (Phi) is 5.28. The van der Waals surface area contributed by atoms with Crippen LogP contribution >= 0.6 is 0 Å². The van der Waals surface area contributed by atoms with E-state index in [1.54, 1.807) is 12.0 Å². The number of methoxy groups -OCH3 is 1. The molecule has 1 heterocycles. The minimum atomic E-state index is -0.447. The number of benzene rings is 2. The van der Waals surface area contributed by atoms with Crippen LogP contribution in [0.1, 0.15) is 56.4 Å². The summed E-state index contributed by atoms with van der Waals surface area (Å²) in [4.78, 5) is 14.8. The molecule has 1 atom stereocenters. The summed E-state index contributed by atoms with van der Waals surface area (Å²) in [6, 6.07) is 14.0. The van der Waals surface area contributed by atoms with Crippen LogP contribution in [0, 0.1) is 0 Å². The molecule has 3 aliphatic rings. The molecule has 5 rings (SSSR count). The van der Waals surface area contributed by atoms with Crippen LogP contribution in [-0.4, -0.2) is 31.8 Å². The van der Waals surface area contributed by atoms with Gasteiger partial charge in [0.15, 0.2) is 17.6 Å². The fraction of sp³-hybridized carbons (Fsp3) is 0.480. The van der Waals surface area contributed by atoms with Crippen molar-refractivity contribution in [3.8, 4) is 17.2 Å². The predicted molar refractivity (Wildman–Crippen MR) is 116 cm³/mol. The van der Waals surface area contributed by atoms with Gasteiger partial charge in [0, 0.05) is 24.7 Å². The van der Waals surface area contributed by atoms with Crippen LogP contribution in [0.4, 0.5) is 5.69 Å². The Hall–Kier alpha value is -2.69. The molecule has 3 fully saturated rings. The first-order valence-electron chi connectivity index (χ1n) is 11.1. The fourth-order valence-electron chi connectivity index (χ4n) is 4.53. The molecule has 2 saturated carbocycles. The van der Waals surface area contributed by atoms with E-state index in [0.717, 1.165) is 35.9 Å². The van der Waals surface area contributed by atoms with E-state index in [-0.39, 0.29) is 12.0 Å². The van der Waals surface area contributed by atoms with Crippen molar-refractivity contribution in [2.45, 2.75) is 63.1 Å². The van der Waals surface area contributed by atoms with Gasteiger partial charge in [0.05, 0.1) is 13.2 Å². The van der Waals surface area contributed by atoms with Crippen molar-refractivity contribution < 1.29 is 19.0 Å². The zero-order valence-electron chi connectivity index (χ0n) is 17.5. The standard InChI is InChI=1S/C25H29NO4/c1-28-24-16-19(10-13-22(24)29-20-4-2-3-5-20)26-15-14-23(25(26)27)30-21-11-8-18(9-12-21)17-6-7-17/h8-13,16-17,20,23H,2-7,14-15H2,1H3/t23-/m0/s1. The average molecular weight is 408 g/mol. The maximum atomic E-state index is 13.0. The number of nitrogens with zero attached hydrogens (tertiary/aromatic N) is 1. The van der Waals surface area contributed by atoms with Crippen LogP contribution in [0.25, 0.3) is 0 Å². The molecule has 5 heteroatoms. The number of hydrogen-bond donors (Lipinski definition) is 0. The molecule has 2 aromatic rings. The fourth-order valence-corrected chi connectivity index (χ4v) is 4.53. The highest BCUT2D eigenvalue weighted by atomic mass is 16.5. The molecule has 1 saturated heterocycles. The van der Waals surface area contributed by atoms with E-state index in [9.17, 15) is 4.79 Å². The topological polar surface area (TPSA) is 48.0 Å². The summed E-state index contributed by atoms with van der Waals surface area (Å²) in [5.41, 5.74) is 2.19. The largest absolute Gasteiger partial charge is 0.493 e. The molecule has 0 bridgehead atoms. The number of carbonyl (C=O) groups excluding carboxylic acids is 1. The van der Waals surface area contributed by atoms with Crippen LogP contribution < -0.4 is 19.1 Å². The Bertz CT molecular complexity index is 900. The van der Waals surface area contributed by atoms with E-state index in [2.05, 4.69) is 12.1 Å². The van der Waals surface area contributed by atoms with Gasteiger partial charge >= 0.3 is 0 Å². The van der Waals surface area contributed by atoms with Crippen LogP contribution in [0.3, 0.4) is 0 Å². The lowest BCUT2D eigenvalue weighted by Gasteiger charge is -2.20. The molecular formula is C25H29NO4. The number of amides is 1. The second-order valence-corrected chi connectivity index (χ2v) is 8.59. The highest BCUT2D eigenvalue weighted by Crippen LogP contribution is 2.40. The van der Waals surface area contributed by atoms with Crippen LogP contribution in [0.15, 0.2) is 42.5 Å². The van der Waals surface area contributed by atoms with Gasteiger partial charge in [-0.1, -0.05) is 12.1 Å². The van der Waals surface area contributed by atoms with E-state index in [0.29, 0.717) is 18.7 Å². The van der Waals surface area contributed by atoms with E-state index in [1.807, 2.05) is 30.3 Å². The molecule has 0 radical (unpaired) electrons. The average Bonchev–Trinajstić information content (AvgIpc) is 3.39. The van der Waals surface area contributed by atoms with Crippen molar-refractivity contribution in [2.75, 3.05) is 18.6 Å². The van der Waals surface area contributed by atoms with Gasteiger partial charge in [-0.2, -0.15) is 0 Å². The molecule has 2 aromatic carbocycles. The third-order valence-electron chi connectivity index (χ3n) is 6.42. The molecule has 0 aromatic heterocycles. The van der Waals surface area contributed by atoms with E-state index in [1.165, 1.54) is 31.2 Å². The second kappa shape index (κ2) is 8.21. The normalized spacial score (nSPS) is 21.8. The number of hydrogen-bond acceptors (Lipinski definition) is 4. The summed E-state index contributed by atoms with van der Waals surface area (Å²) in [6.07, 6.45) is 7.68. The van der Waals surface area contributed by atoms with Crippen LogP contribution in [0.5, 0.6) is 17.2 Å². The van der Waals surface area contributed by atoms with Gasteiger partial charge in [-0.15, -0.1) is 0 Å². The van der Waals surface area contributed by atoms with Gasteiger partial charge in [0.25, 0.3) is 5.91 Å². The molecule has 0 unspecified atom stereocenters. The zero-order chi connectivity index (χ0) is 20.5. The monoisotopic (exact) mass is 407 g/mol. The summed E-state index contributed by atoms with van der Waals surface area (Å²) in [5.74, 6) is 2.90. The lowest BCUT2D eigenvalue weighted by atomic mass is 10.1. The van der Waals surface area contributed by atoms with Crippen molar-refractivity contribution >= 4 is 11.6 Å². The van der Waals surface area contributed by atoms with Gasteiger partial charge in [-0.25, -0.2) is 0 Å². The third-order valence-corrected chi connectivity index (χ3v) is 6.42. The van der Waals surface area contributed by atoms with Gasteiger partial charge in [-0.05, 0) is 74.3 Å². The quantitative estimate of drug-likeness (QED) is 0.642. The van der Waals surface area contributed by atoms with Crippen molar-refractivity contribution in [3.05, 3.63) is 48.0 Å². The number of carbonyl (C=O) groups is 1. The van der Waals surface area contributed by atoms with Crippen LogP contribution in [-0.2, 0) is 4.79 Å². The Morgan fingerprint density at radius 1 is 0.867 bits per heavy atom. The number of anilines is 1. The molecule has 2 aliphatic carbocycles. The van der Waals surface area contributed by atoms with Crippen LogP contribution in [0.2, 0.25) is 0 Å². The summed E-state index contributed by atoms with van der Waals surface area (Å²) < 4.78 is 17.7. The zero-order valence-corrected chi connectivity index (χ0v) is 17.5. The highest BCUT2D eigenvalue weighted by Gasteiger charge is 2.35.